The van der Waals surface area contributed by atoms with Crippen molar-refractivity contribution in [2.75, 3.05) is 5.32 Å². The van der Waals surface area contributed by atoms with E-state index in [4.69, 9.17) is 0 Å². The standard InChI is InChI=1S/C24H23F2N5O2/c1-13-8-14-15(11-28-21(14)16(25)9-13)22-29-12-17(26)23(31-22)30-19(10-20(32)33)24(2,3)18-6-4-5-7-27-18/h4-9,11-12,19,28H,10H2,1-3H3,(H,32,33)(H,29,30,31). The Balaban J connectivity index is 1.75. The van der Waals surface area contributed by atoms with Gasteiger partial charge in [0.05, 0.1) is 18.1 Å². The first-order valence-electron chi connectivity index (χ1n) is 10.4. The number of halogens is 2. The molecule has 0 spiro atoms. The van der Waals surface area contributed by atoms with Gasteiger partial charge in [0.2, 0.25) is 0 Å². The van der Waals surface area contributed by atoms with E-state index in [0.29, 0.717) is 22.2 Å². The highest BCUT2D eigenvalue weighted by Gasteiger charge is 2.35. The number of pyridine rings is 1. The van der Waals surface area contributed by atoms with Crippen molar-refractivity contribution in [1.82, 2.24) is 19.9 Å². The average molecular weight is 451 g/mol. The molecule has 4 rings (SSSR count). The van der Waals surface area contributed by atoms with Crippen LogP contribution in [0.15, 0.2) is 48.9 Å². The second kappa shape index (κ2) is 8.57. The zero-order chi connectivity index (χ0) is 23.8. The van der Waals surface area contributed by atoms with Crippen molar-refractivity contribution < 1.29 is 18.7 Å². The Morgan fingerprint density at radius 3 is 2.70 bits per heavy atom. The Morgan fingerprint density at radius 2 is 2.00 bits per heavy atom. The van der Waals surface area contributed by atoms with Gasteiger partial charge in [-0.15, -0.1) is 0 Å². The van der Waals surface area contributed by atoms with E-state index in [1.54, 1.807) is 37.5 Å². The van der Waals surface area contributed by atoms with Crippen LogP contribution in [0.2, 0.25) is 0 Å². The predicted molar refractivity (Wildman–Crippen MR) is 121 cm³/mol. The van der Waals surface area contributed by atoms with E-state index < -0.39 is 29.1 Å². The number of carboxylic acid groups (broad SMARTS) is 1. The first-order chi connectivity index (χ1) is 15.7. The number of benzene rings is 1. The van der Waals surface area contributed by atoms with Gasteiger partial charge in [-0.3, -0.25) is 9.78 Å². The fourth-order valence-corrected chi connectivity index (χ4v) is 3.86. The molecule has 3 N–H and O–H groups in total. The Labute approximate surface area is 188 Å². The number of nitrogens with zero attached hydrogens (tertiary/aromatic N) is 3. The fraction of sp³-hybridized carbons (Fsp3) is 0.250. The van der Waals surface area contributed by atoms with E-state index in [0.717, 1.165) is 11.8 Å². The van der Waals surface area contributed by atoms with Crippen LogP contribution in [-0.4, -0.2) is 37.1 Å². The highest BCUT2D eigenvalue weighted by molar-refractivity contribution is 5.94. The summed E-state index contributed by atoms with van der Waals surface area (Å²) >= 11 is 0. The predicted octanol–water partition coefficient (Wildman–Crippen LogP) is 4.84. The molecule has 3 aromatic heterocycles. The van der Waals surface area contributed by atoms with Gasteiger partial charge in [0.25, 0.3) is 0 Å². The van der Waals surface area contributed by atoms with Crippen LogP contribution < -0.4 is 5.32 Å². The molecule has 0 aliphatic carbocycles. The number of aromatic nitrogens is 4. The lowest BCUT2D eigenvalue weighted by Crippen LogP contribution is -2.42. The summed E-state index contributed by atoms with van der Waals surface area (Å²) in [5.41, 5.74) is 1.42. The van der Waals surface area contributed by atoms with Crippen LogP contribution in [0.25, 0.3) is 22.3 Å². The molecule has 0 fully saturated rings. The van der Waals surface area contributed by atoms with E-state index in [1.807, 2.05) is 19.9 Å². The molecule has 3 heterocycles. The zero-order valence-corrected chi connectivity index (χ0v) is 18.4. The number of rotatable bonds is 7. The molecule has 33 heavy (non-hydrogen) atoms. The van der Waals surface area contributed by atoms with Crippen molar-refractivity contribution in [3.63, 3.8) is 0 Å². The molecule has 0 aliphatic rings. The minimum Gasteiger partial charge on any atom is -0.481 e. The van der Waals surface area contributed by atoms with Gasteiger partial charge in [0.15, 0.2) is 17.5 Å². The van der Waals surface area contributed by atoms with Crippen molar-refractivity contribution in [3.05, 3.63) is 71.8 Å². The largest absolute Gasteiger partial charge is 0.481 e. The molecule has 4 aromatic rings. The number of hydrogen-bond donors (Lipinski definition) is 3. The fourth-order valence-electron chi connectivity index (χ4n) is 3.86. The molecule has 0 saturated heterocycles. The smallest absolute Gasteiger partial charge is 0.305 e. The molecule has 170 valence electrons. The van der Waals surface area contributed by atoms with Crippen LogP contribution in [0.5, 0.6) is 0 Å². The molecule has 9 heteroatoms. The van der Waals surface area contributed by atoms with Gasteiger partial charge in [-0.25, -0.2) is 18.7 Å². The summed E-state index contributed by atoms with van der Waals surface area (Å²) in [5, 5.41) is 13.0. The van der Waals surface area contributed by atoms with Gasteiger partial charge >= 0.3 is 5.97 Å². The number of hydrogen-bond acceptors (Lipinski definition) is 5. The van der Waals surface area contributed by atoms with Crippen molar-refractivity contribution in [1.29, 1.82) is 0 Å². The minimum absolute atomic E-state index is 0.141. The Morgan fingerprint density at radius 1 is 1.21 bits per heavy atom. The Bertz CT molecular complexity index is 1320. The lowest BCUT2D eigenvalue weighted by atomic mass is 9.79. The van der Waals surface area contributed by atoms with E-state index >= 15 is 0 Å². The maximum Gasteiger partial charge on any atom is 0.305 e. The SMILES string of the molecule is Cc1cc(F)c2[nH]cc(-c3ncc(F)c(NC(CC(=O)O)C(C)(C)c4ccccn4)n3)c2c1. The van der Waals surface area contributed by atoms with Crippen molar-refractivity contribution in [2.45, 2.75) is 38.6 Å². The topological polar surface area (TPSA) is 104 Å². The summed E-state index contributed by atoms with van der Waals surface area (Å²) in [5.74, 6) is -2.14. The van der Waals surface area contributed by atoms with E-state index in [9.17, 15) is 18.7 Å². The maximum atomic E-state index is 14.7. The quantitative estimate of drug-likeness (QED) is 0.372. The molecule has 0 radical (unpaired) electrons. The number of H-pyrrole nitrogens is 1. The van der Waals surface area contributed by atoms with E-state index in [2.05, 4.69) is 25.3 Å². The summed E-state index contributed by atoms with van der Waals surface area (Å²) in [6.07, 6.45) is 3.91. The lowest BCUT2D eigenvalue weighted by Gasteiger charge is -2.34. The van der Waals surface area contributed by atoms with Gasteiger partial charge in [-0.1, -0.05) is 19.9 Å². The molecular weight excluding hydrogens is 428 g/mol. The number of aromatic amines is 1. The average Bonchev–Trinajstić information content (AvgIpc) is 3.19. The van der Waals surface area contributed by atoms with Crippen molar-refractivity contribution >= 4 is 22.7 Å². The highest BCUT2D eigenvalue weighted by atomic mass is 19.1. The molecule has 0 aliphatic heterocycles. The number of carbonyl (C=O) groups is 1. The second-order valence-corrected chi connectivity index (χ2v) is 8.49. The Kier molecular flexibility index (Phi) is 5.80. The molecular formula is C24H23F2N5O2. The second-order valence-electron chi connectivity index (χ2n) is 8.49. The van der Waals surface area contributed by atoms with Crippen molar-refractivity contribution in [3.8, 4) is 11.4 Å². The van der Waals surface area contributed by atoms with E-state index in [-0.39, 0.29) is 18.1 Å². The summed E-state index contributed by atoms with van der Waals surface area (Å²) in [7, 11) is 0. The van der Waals surface area contributed by atoms with Crippen LogP contribution in [0, 0.1) is 18.6 Å². The third kappa shape index (κ3) is 4.39. The molecule has 0 amide bonds. The molecule has 1 unspecified atom stereocenters. The number of anilines is 1. The normalized spacial score (nSPS) is 12.6. The molecule has 0 saturated carbocycles. The summed E-state index contributed by atoms with van der Waals surface area (Å²) in [4.78, 5) is 27.2. The third-order valence-corrected chi connectivity index (χ3v) is 5.76. The number of aryl methyl sites for hydroxylation is 1. The first kappa shape index (κ1) is 22.3. The molecule has 7 nitrogen and oxygen atoms in total. The number of aliphatic carboxylic acids is 1. The summed E-state index contributed by atoms with van der Waals surface area (Å²) in [6.45, 7) is 5.44. The number of fused-ring (bicyclic) bond motifs is 1. The number of nitrogens with one attached hydrogen (secondary N) is 2. The minimum atomic E-state index is -1.05. The molecule has 1 aromatic carbocycles. The lowest BCUT2D eigenvalue weighted by molar-refractivity contribution is -0.137. The first-order valence-corrected chi connectivity index (χ1v) is 10.4. The number of carboxylic acids is 1. The Hall–Kier alpha value is -3.88. The van der Waals surface area contributed by atoms with Gasteiger partial charge in [-0.05, 0) is 36.8 Å². The van der Waals surface area contributed by atoms with Crippen LogP contribution in [0.1, 0.15) is 31.5 Å². The highest BCUT2D eigenvalue weighted by Crippen LogP contribution is 2.32. The summed E-state index contributed by atoms with van der Waals surface area (Å²) in [6, 6.07) is 7.84. The van der Waals surface area contributed by atoms with Crippen molar-refractivity contribution in [2.24, 2.45) is 0 Å². The third-order valence-electron chi connectivity index (χ3n) is 5.76. The monoisotopic (exact) mass is 451 g/mol. The van der Waals surface area contributed by atoms with Crippen LogP contribution in [-0.2, 0) is 10.2 Å². The molecule has 1 atom stereocenters. The van der Waals surface area contributed by atoms with Gasteiger partial charge in [0.1, 0.15) is 5.82 Å². The maximum absolute atomic E-state index is 14.7. The van der Waals surface area contributed by atoms with Gasteiger partial charge in [-0.2, -0.15) is 0 Å². The van der Waals surface area contributed by atoms with Gasteiger partial charge < -0.3 is 15.4 Å². The zero-order valence-electron chi connectivity index (χ0n) is 18.4. The van der Waals surface area contributed by atoms with Crippen LogP contribution in [0.4, 0.5) is 14.6 Å². The molecule has 0 bridgehead atoms. The van der Waals surface area contributed by atoms with E-state index in [1.165, 1.54) is 6.07 Å². The van der Waals surface area contributed by atoms with Crippen LogP contribution >= 0.6 is 0 Å². The van der Waals surface area contributed by atoms with Crippen LogP contribution in [0.3, 0.4) is 0 Å². The summed E-state index contributed by atoms with van der Waals surface area (Å²) < 4.78 is 29.0. The van der Waals surface area contributed by atoms with Gasteiger partial charge in [0, 0.05) is 40.5 Å².